The number of nitrogens with zero attached hydrogens (tertiary/aromatic N) is 3. The molecular formula is C11H17N5O2. The van der Waals surface area contributed by atoms with Gasteiger partial charge >= 0.3 is 6.03 Å². The van der Waals surface area contributed by atoms with Crippen molar-refractivity contribution in [1.29, 1.82) is 0 Å². The molecule has 0 radical (unpaired) electrons. The summed E-state index contributed by atoms with van der Waals surface area (Å²) in [7, 11) is 1.79. The van der Waals surface area contributed by atoms with Crippen LogP contribution in [-0.4, -0.2) is 39.7 Å². The topological polar surface area (TPSA) is 93.3 Å². The van der Waals surface area contributed by atoms with Crippen LogP contribution in [0.25, 0.3) is 0 Å². The van der Waals surface area contributed by atoms with Gasteiger partial charge in [-0.1, -0.05) is 0 Å². The predicted octanol–water partition coefficient (Wildman–Crippen LogP) is 0.149. The molecule has 1 aliphatic heterocycles. The molecule has 0 atom stereocenters. The second-order valence-electron chi connectivity index (χ2n) is 4.49. The average molecular weight is 251 g/mol. The maximum Gasteiger partial charge on any atom is 0.314 e. The number of aryl methyl sites for hydroxylation is 1. The molecule has 1 aromatic rings. The Kier molecular flexibility index (Phi) is 3.50. The minimum absolute atomic E-state index is 0.0212. The van der Waals surface area contributed by atoms with Gasteiger partial charge in [-0.2, -0.15) is 5.10 Å². The third kappa shape index (κ3) is 2.79. The molecule has 18 heavy (non-hydrogen) atoms. The fourth-order valence-corrected chi connectivity index (χ4v) is 2.09. The number of carbonyl (C=O) groups excluding carboxylic acids is 2. The fraction of sp³-hybridized carbons (Fsp3) is 0.545. The van der Waals surface area contributed by atoms with E-state index in [1.54, 1.807) is 29.0 Å². The molecule has 2 heterocycles. The van der Waals surface area contributed by atoms with E-state index in [1.807, 2.05) is 0 Å². The summed E-state index contributed by atoms with van der Waals surface area (Å²) < 4.78 is 1.63. The van der Waals surface area contributed by atoms with Gasteiger partial charge < -0.3 is 16.0 Å². The van der Waals surface area contributed by atoms with Crippen LogP contribution >= 0.6 is 0 Å². The molecule has 3 N–H and O–H groups in total. The number of primary amides is 1. The lowest BCUT2D eigenvalue weighted by atomic mass is 9.96. The lowest BCUT2D eigenvalue weighted by Crippen LogP contribution is -2.43. The van der Waals surface area contributed by atoms with Crippen molar-refractivity contribution in [3.8, 4) is 0 Å². The van der Waals surface area contributed by atoms with E-state index in [0.29, 0.717) is 31.6 Å². The molecule has 1 aromatic heterocycles. The molecule has 3 amide bonds. The number of nitrogens with one attached hydrogen (secondary N) is 1. The van der Waals surface area contributed by atoms with E-state index in [1.165, 1.54) is 0 Å². The van der Waals surface area contributed by atoms with Gasteiger partial charge in [0, 0.05) is 32.3 Å². The van der Waals surface area contributed by atoms with Gasteiger partial charge in [0.2, 0.25) is 5.91 Å². The molecule has 1 fully saturated rings. The van der Waals surface area contributed by atoms with Gasteiger partial charge in [0.1, 0.15) is 0 Å². The Balaban J connectivity index is 1.86. The first-order valence-electron chi connectivity index (χ1n) is 5.90. The Hall–Kier alpha value is -2.05. The van der Waals surface area contributed by atoms with E-state index < -0.39 is 6.03 Å². The van der Waals surface area contributed by atoms with Crippen LogP contribution in [-0.2, 0) is 11.8 Å². The van der Waals surface area contributed by atoms with Crippen molar-refractivity contribution in [2.45, 2.75) is 12.8 Å². The molecular weight excluding hydrogens is 234 g/mol. The molecule has 0 saturated carbocycles. The van der Waals surface area contributed by atoms with Crippen molar-refractivity contribution >= 4 is 17.6 Å². The molecule has 7 nitrogen and oxygen atoms in total. The number of carbonyl (C=O) groups is 2. The number of rotatable bonds is 2. The van der Waals surface area contributed by atoms with Crippen molar-refractivity contribution < 1.29 is 9.59 Å². The van der Waals surface area contributed by atoms with E-state index in [2.05, 4.69) is 10.4 Å². The van der Waals surface area contributed by atoms with E-state index in [0.717, 1.165) is 0 Å². The number of amides is 3. The minimum atomic E-state index is -0.416. The van der Waals surface area contributed by atoms with Gasteiger partial charge in [0.05, 0.1) is 11.9 Å². The zero-order valence-electron chi connectivity index (χ0n) is 10.3. The highest BCUT2D eigenvalue weighted by atomic mass is 16.2. The van der Waals surface area contributed by atoms with Crippen molar-refractivity contribution in [2.75, 3.05) is 18.4 Å². The molecule has 0 spiro atoms. The molecule has 0 unspecified atom stereocenters. The number of aromatic nitrogens is 2. The van der Waals surface area contributed by atoms with Crippen molar-refractivity contribution in [3.05, 3.63) is 12.4 Å². The SMILES string of the molecule is Cn1cc(NC(=O)C2CCN(C(N)=O)CC2)cn1. The fourth-order valence-electron chi connectivity index (χ4n) is 2.09. The monoisotopic (exact) mass is 251 g/mol. The highest BCUT2D eigenvalue weighted by molar-refractivity contribution is 5.92. The van der Waals surface area contributed by atoms with E-state index in [4.69, 9.17) is 5.73 Å². The van der Waals surface area contributed by atoms with Gasteiger partial charge in [0.15, 0.2) is 0 Å². The standard InChI is InChI=1S/C11H17N5O2/c1-15-7-9(6-13-15)14-10(17)8-2-4-16(5-3-8)11(12)18/h6-8H,2-5H2,1H3,(H2,12,18)(H,14,17). The van der Waals surface area contributed by atoms with E-state index in [9.17, 15) is 9.59 Å². The van der Waals surface area contributed by atoms with Gasteiger partial charge in [-0.3, -0.25) is 9.48 Å². The minimum Gasteiger partial charge on any atom is -0.351 e. The predicted molar refractivity (Wildman–Crippen MR) is 65.7 cm³/mol. The Labute approximate surface area is 105 Å². The van der Waals surface area contributed by atoms with Gasteiger partial charge in [-0.25, -0.2) is 4.79 Å². The van der Waals surface area contributed by atoms with Gasteiger partial charge in [-0.05, 0) is 12.8 Å². The van der Waals surface area contributed by atoms with E-state index >= 15 is 0 Å². The van der Waals surface area contributed by atoms with Crippen molar-refractivity contribution in [2.24, 2.45) is 18.7 Å². The van der Waals surface area contributed by atoms with Gasteiger partial charge in [0.25, 0.3) is 0 Å². The van der Waals surface area contributed by atoms with Crippen LogP contribution in [0.5, 0.6) is 0 Å². The summed E-state index contributed by atoms with van der Waals surface area (Å²) in [4.78, 5) is 24.5. The largest absolute Gasteiger partial charge is 0.351 e. The smallest absolute Gasteiger partial charge is 0.314 e. The van der Waals surface area contributed by atoms with Crippen LogP contribution in [0, 0.1) is 5.92 Å². The molecule has 0 aliphatic carbocycles. The Morgan fingerprint density at radius 2 is 2.11 bits per heavy atom. The number of hydrogen-bond donors (Lipinski definition) is 2. The zero-order valence-corrected chi connectivity index (χ0v) is 10.3. The first-order valence-corrected chi connectivity index (χ1v) is 5.90. The summed E-state index contributed by atoms with van der Waals surface area (Å²) in [5.41, 5.74) is 5.88. The summed E-state index contributed by atoms with van der Waals surface area (Å²) >= 11 is 0. The highest BCUT2D eigenvalue weighted by Gasteiger charge is 2.26. The normalized spacial score (nSPS) is 16.6. The molecule has 1 aliphatic rings. The Bertz CT molecular complexity index is 448. The van der Waals surface area contributed by atoms with Crippen molar-refractivity contribution in [1.82, 2.24) is 14.7 Å². The summed E-state index contributed by atoms with van der Waals surface area (Å²) in [6, 6.07) is -0.416. The molecule has 7 heteroatoms. The second-order valence-corrected chi connectivity index (χ2v) is 4.49. The molecule has 1 saturated heterocycles. The van der Waals surface area contributed by atoms with Crippen LogP contribution < -0.4 is 11.1 Å². The third-order valence-electron chi connectivity index (χ3n) is 3.15. The first-order chi connectivity index (χ1) is 8.56. The van der Waals surface area contributed by atoms with Crippen LogP contribution in [0.3, 0.4) is 0 Å². The maximum atomic E-state index is 12.0. The summed E-state index contributed by atoms with van der Waals surface area (Å²) in [5, 5.41) is 6.80. The number of hydrogen-bond acceptors (Lipinski definition) is 3. The molecule has 98 valence electrons. The Morgan fingerprint density at radius 1 is 1.44 bits per heavy atom. The summed E-state index contributed by atoms with van der Waals surface area (Å²) in [6.07, 6.45) is 4.65. The third-order valence-corrected chi connectivity index (χ3v) is 3.15. The quantitative estimate of drug-likeness (QED) is 0.783. The number of nitrogens with two attached hydrogens (primary N) is 1. The molecule has 0 aromatic carbocycles. The van der Waals surface area contributed by atoms with Crippen molar-refractivity contribution in [3.63, 3.8) is 0 Å². The number of likely N-dealkylation sites (tertiary alicyclic amines) is 1. The van der Waals surface area contributed by atoms with Crippen LogP contribution in [0.2, 0.25) is 0 Å². The Morgan fingerprint density at radius 3 is 2.61 bits per heavy atom. The number of piperidine rings is 1. The lowest BCUT2D eigenvalue weighted by Gasteiger charge is -2.29. The van der Waals surface area contributed by atoms with Gasteiger partial charge in [-0.15, -0.1) is 0 Å². The average Bonchev–Trinajstić information content (AvgIpc) is 2.75. The second kappa shape index (κ2) is 5.07. The first kappa shape index (κ1) is 12.4. The van der Waals surface area contributed by atoms with Crippen LogP contribution in [0.1, 0.15) is 12.8 Å². The number of anilines is 1. The summed E-state index contributed by atoms with van der Waals surface area (Å²) in [5.74, 6) is -0.0899. The molecule has 2 rings (SSSR count). The number of urea groups is 1. The molecule has 0 bridgehead atoms. The van der Waals surface area contributed by atoms with Crippen LogP contribution in [0.4, 0.5) is 10.5 Å². The van der Waals surface area contributed by atoms with Crippen LogP contribution in [0.15, 0.2) is 12.4 Å². The lowest BCUT2D eigenvalue weighted by molar-refractivity contribution is -0.121. The zero-order chi connectivity index (χ0) is 13.1. The summed E-state index contributed by atoms with van der Waals surface area (Å²) in [6.45, 7) is 1.08. The van der Waals surface area contributed by atoms with E-state index in [-0.39, 0.29) is 11.8 Å². The maximum absolute atomic E-state index is 12.0. The highest BCUT2D eigenvalue weighted by Crippen LogP contribution is 2.19.